The lowest BCUT2D eigenvalue weighted by Crippen LogP contribution is -2.36. The SMILES string of the molecule is O=C(O)c1ccc(-n2nnnc2SC2(C(=O)NCc3cccc(N4CCOCC4)c3)CC2)cc1F. The highest BCUT2D eigenvalue weighted by atomic mass is 32.2. The zero-order valence-corrected chi connectivity index (χ0v) is 19.5. The van der Waals surface area contributed by atoms with Gasteiger partial charge in [0.2, 0.25) is 11.1 Å². The second kappa shape index (κ2) is 9.62. The minimum atomic E-state index is -1.36. The summed E-state index contributed by atoms with van der Waals surface area (Å²) >= 11 is 1.22. The molecule has 1 saturated carbocycles. The monoisotopic (exact) mass is 498 g/mol. The van der Waals surface area contributed by atoms with Crippen LogP contribution >= 0.6 is 11.8 Å². The third-order valence-corrected chi connectivity index (χ3v) is 7.43. The first kappa shape index (κ1) is 23.2. The van der Waals surface area contributed by atoms with Gasteiger partial charge < -0.3 is 20.1 Å². The molecule has 2 N–H and O–H groups in total. The van der Waals surface area contributed by atoms with Gasteiger partial charge in [-0.2, -0.15) is 4.68 Å². The van der Waals surface area contributed by atoms with Crippen molar-refractivity contribution < 1.29 is 23.8 Å². The Labute approximate surface area is 204 Å². The lowest BCUT2D eigenvalue weighted by Gasteiger charge is -2.29. The number of rotatable bonds is 8. The molecule has 35 heavy (non-hydrogen) atoms. The number of nitrogens with zero attached hydrogens (tertiary/aromatic N) is 5. The van der Waals surface area contributed by atoms with Crippen molar-refractivity contribution in [3.05, 3.63) is 59.4 Å². The number of halogens is 1. The number of carbonyl (C=O) groups excluding carboxylic acids is 1. The smallest absolute Gasteiger partial charge is 0.338 e. The van der Waals surface area contributed by atoms with E-state index < -0.39 is 22.1 Å². The molecule has 5 rings (SSSR count). The Morgan fingerprint density at radius 1 is 1.14 bits per heavy atom. The van der Waals surface area contributed by atoms with E-state index in [0.29, 0.717) is 37.8 Å². The zero-order chi connectivity index (χ0) is 24.4. The van der Waals surface area contributed by atoms with Gasteiger partial charge in [0.25, 0.3) is 0 Å². The highest BCUT2D eigenvalue weighted by molar-refractivity contribution is 8.01. The number of hydrogen-bond donors (Lipinski definition) is 2. The molecule has 1 aliphatic carbocycles. The number of benzene rings is 2. The van der Waals surface area contributed by atoms with Gasteiger partial charge in [-0.25, -0.2) is 9.18 Å². The van der Waals surface area contributed by atoms with Gasteiger partial charge in [0, 0.05) is 31.4 Å². The normalized spacial score (nSPS) is 16.7. The Balaban J connectivity index is 1.25. The number of nitrogens with one attached hydrogen (secondary N) is 1. The number of hydrogen-bond acceptors (Lipinski definition) is 8. The number of carboxylic acid groups (broad SMARTS) is 1. The lowest BCUT2D eigenvalue weighted by atomic mass is 10.1. The van der Waals surface area contributed by atoms with Crippen molar-refractivity contribution in [2.75, 3.05) is 31.2 Å². The number of carboxylic acids is 1. The topological polar surface area (TPSA) is 122 Å². The summed E-state index contributed by atoms with van der Waals surface area (Å²) in [5, 5.41) is 23.9. The number of amides is 1. The molecule has 0 spiro atoms. The van der Waals surface area contributed by atoms with Gasteiger partial charge in [-0.1, -0.05) is 23.9 Å². The van der Waals surface area contributed by atoms with E-state index in [9.17, 15) is 14.0 Å². The minimum absolute atomic E-state index is 0.110. The van der Waals surface area contributed by atoms with Crippen molar-refractivity contribution in [3.8, 4) is 5.69 Å². The largest absolute Gasteiger partial charge is 0.478 e. The summed E-state index contributed by atoms with van der Waals surface area (Å²) in [5.74, 6) is -2.36. The van der Waals surface area contributed by atoms with Crippen molar-refractivity contribution in [1.29, 1.82) is 0 Å². The maximum absolute atomic E-state index is 14.2. The van der Waals surface area contributed by atoms with E-state index in [2.05, 4.69) is 37.9 Å². The molecule has 1 saturated heterocycles. The molecule has 0 bridgehead atoms. The van der Waals surface area contributed by atoms with Gasteiger partial charge in [0.1, 0.15) is 10.6 Å². The Morgan fingerprint density at radius 2 is 1.94 bits per heavy atom. The average Bonchev–Trinajstić information content (AvgIpc) is 3.51. The molecular weight excluding hydrogens is 475 g/mol. The van der Waals surface area contributed by atoms with E-state index in [-0.39, 0.29) is 11.6 Å². The Morgan fingerprint density at radius 3 is 2.66 bits per heavy atom. The maximum Gasteiger partial charge on any atom is 0.338 e. The number of aromatic nitrogens is 4. The molecule has 3 aromatic rings. The highest BCUT2D eigenvalue weighted by Gasteiger charge is 2.52. The van der Waals surface area contributed by atoms with Crippen LogP contribution in [0.25, 0.3) is 5.69 Å². The fourth-order valence-electron chi connectivity index (χ4n) is 3.91. The van der Waals surface area contributed by atoms with Gasteiger partial charge in [-0.05, 0) is 53.1 Å². The van der Waals surface area contributed by atoms with Crippen LogP contribution in [0.5, 0.6) is 0 Å². The van der Waals surface area contributed by atoms with Gasteiger partial charge in [0.15, 0.2) is 0 Å². The van der Waals surface area contributed by atoms with Crippen LogP contribution in [0.1, 0.15) is 28.8 Å². The van der Waals surface area contributed by atoms with Crippen molar-refractivity contribution in [1.82, 2.24) is 25.5 Å². The number of carbonyl (C=O) groups is 2. The number of aromatic carboxylic acids is 1. The van der Waals surface area contributed by atoms with Crippen LogP contribution in [0.3, 0.4) is 0 Å². The fraction of sp³-hybridized carbons (Fsp3) is 0.348. The van der Waals surface area contributed by atoms with Gasteiger partial charge in [0.05, 0.1) is 24.5 Å². The summed E-state index contributed by atoms with van der Waals surface area (Å²) in [6.45, 7) is 3.49. The van der Waals surface area contributed by atoms with E-state index in [1.165, 1.54) is 22.5 Å². The molecule has 2 aromatic carbocycles. The molecule has 12 heteroatoms. The zero-order valence-electron chi connectivity index (χ0n) is 18.7. The number of ether oxygens (including phenoxy) is 1. The van der Waals surface area contributed by atoms with E-state index in [1.807, 2.05) is 12.1 Å². The van der Waals surface area contributed by atoms with Crippen molar-refractivity contribution >= 4 is 29.3 Å². The molecule has 0 unspecified atom stereocenters. The van der Waals surface area contributed by atoms with Gasteiger partial charge >= 0.3 is 5.97 Å². The summed E-state index contributed by atoms with van der Waals surface area (Å²) in [7, 11) is 0. The van der Waals surface area contributed by atoms with Crippen LogP contribution in [0.2, 0.25) is 0 Å². The second-order valence-electron chi connectivity index (χ2n) is 8.39. The van der Waals surface area contributed by atoms with Crippen LogP contribution in [-0.2, 0) is 16.1 Å². The van der Waals surface area contributed by atoms with E-state index in [1.54, 1.807) is 0 Å². The van der Waals surface area contributed by atoms with Crippen LogP contribution in [-0.4, -0.2) is 68.2 Å². The predicted molar refractivity (Wildman–Crippen MR) is 125 cm³/mol. The third-order valence-electron chi connectivity index (χ3n) is 6.01. The lowest BCUT2D eigenvalue weighted by molar-refractivity contribution is -0.121. The number of morpholine rings is 1. The van der Waals surface area contributed by atoms with Crippen molar-refractivity contribution in [2.24, 2.45) is 0 Å². The van der Waals surface area contributed by atoms with Crippen LogP contribution < -0.4 is 10.2 Å². The standard InChI is InChI=1S/C23H23FN6O4S/c24-19-13-17(4-5-18(19)20(31)32)30-22(26-27-28-30)35-23(6-7-23)21(33)25-14-15-2-1-3-16(12-15)29-8-10-34-11-9-29/h1-5,12-13H,6-11,14H2,(H,25,33)(H,31,32). The summed E-state index contributed by atoms with van der Waals surface area (Å²) in [5.41, 5.74) is 1.95. The number of thioether (sulfide) groups is 1. The van der Waals surface area contributed by atoms with E-state index in [4.69, 9.17) is 9.84 Å². The molecule has 2 heterocycles. The first-order valence-corrected chi connectivity index (χ1v) is 12.0. The Hall–Kier alpha value is -3.51. The predicted octanol–water partition coefficient (Wildman–Crippen LogP) is 2.28. The molecule has 1 aliphatic heterocycles. The summed E-state index contributed by atoms with van der Waals surface area (Å²) < 4.78 is 20.2. The van der Waals surface area contributed by atoms with Crippen molar-refractivity contribution in [2.45, 2.75) is 29.3 Å². The molecule has 182 valence electrons. The van der Waals surface area contributed by atoms with E-state index >= 15 is 0 Å². The maximum atomic E-state index is 14.2. The molecule has 2 fully saturated rings. The first-order valence-electron chi connectivity index (χ1n) is 11.2. The van der Waals surface area contributed by atoms with Crippen LogP contribution in [0.15, 0.2) is 47.6 Å². The summed E-state index contributed by atoms with van der Waals surface area (Å²) in [6.07, 6.45) is 1.33. The Kier molecular flexibility index (Phi) is 6.39. The van der Waals surface area contributed by atoms with Crippen LogP contribution in [0, 0.1) is 5.82 Å². The first-order chi connectivity index (χ1) is 16.9. The van der Waals surface area contributed by atoms with Crippen molar-refractivity contribution in [3.63, 3.8) is 0 Å². The molecule has 10 nitrogen and oxygen atoms in total. The molecule has 1 amide bonds. The third kappa shape index (κ3) is 4.98. The quantitative estimate of drug-likeness (QED) is 0.482. The molecular formula is C23H23FN6O4S. The van der Waals surface area contributed by atoms with E-state index in [0.717, 1.165) is 36.5 Å². The summed E-state index contributed by atoms with van der Waals surface area (Å²) in [6, 6.07) is 11.7. The molecule has 0 radical (unpaired) electrons. The fourth-order valence-corrected chi connectivity index (χ4v) is 5.03. The average molecular weight is 499 g/mol. The minimum Gasteiger partial charge on any atom is -0.478 e. The number of anilines is 1. The van der Waals surface area contributed by atoms with Gasteiger partial charge in [-0.15, -0.1) is 5.10 Å². The van der Waals surface area contributed by atoms with Crippen LogP contribution in [0.4, 0.5) is 10.1 Å². The number of tetrazole rings is 1. The highest BCUT2D eigenvalue weighted by Crippen LogP contribution is 2.51. The molecule has 1 aromatic heterocycles. The molecule has 0 atom stereocenters. The summed E-state index contributed by atoms with van der Waals surface area (Å²) in [4.78, 5) is 26.4. The Bertz CT molecular complexity index is 1260. The second-order valence-corrected chi connectivity index (χ2v) is 9.74. The van der Waals surface area contributed by atoms with Gasteiger partial charge in [-0.3, -0.25) is 4.79 Å². The molecule has 2 aliphatic rings.